The van der Waals surface area contributed by atoms with E-state index in [4.69, 9.17) is 44.3 Å². The maximum absolute atomic E-state index is 14.1. The van der Waals surface area contributed by atoms with Gasteiger partial charge in [-0.15, -0.1) is 0 Å². The Hall–Kier alpha value is -3.15. The maximum atomic E-state index is 14.1. The molecular weight excluding hydrogens is 644 g/mol. The summed E-state index contributed by atoms with van der Waals surface area (Å²) in [5, 5.41) is 7.51. The number of aryl methyl sites for hydroxylation is 1. The van der Waals surface area contributed by atoms with Gasteiger partial charge in [0, 0.05) is 43.3 Å². The molecule has 0 bridgehead atoms. The van der Waals surface area contributed by atoms with E-state index >= 15 is 0 Å². The van der Waals surface area contributed by atoms with Gasteiger partial charge in [-0.3, -0.25) is 14.5 Å². The summed E-state index contributed by atoms with van der Waals surface area (Å²) in [5.74, 6) is 0.333. The maximum Gasteiger partial charge on any atom is 0.247 e. The molecule has 1 saturated carbocycles. The van der Waals surface area contributed by atoms with E-state index in [2.05, 4.69) is 15.6 Å². The van der Waals surface area contributed by atoms with E-state index in [0.717, 1.165) is 29.5 Å². The van der Waals surface area contributed by atoms with Crippen LogP contribution in [0.5, 0.6) is 11.6 Å². The molecule has 2 aromatic carbocycles. The van der Waals surface area contributed by atoms with Crippen LogP contribution in [0.2, 0.25) is 15.1 Å². The average Bonchev–Trinajstić information content (AvgIpc) is 3.86. The number of amides is 2. The molecule has 0 spiro atoms. The van der Waals surface area contributed by atoms with Crippen molar-refractivity contribution >= 4 is 52.3 Å². The summed E-state index contributed by atoms with van der Waals surface area (Å²) >= 11 is 19.0. The molecule has 5 rings (SSSR count). The number of hydrogen-bond donors (Lipinski definition) is 2. The lowest BCUT2D eigenvalue weighted by atomic mass is 10.1. The molecule has 0 radical (unpaired) electrons. The fraction of sp³-hybridized carbons (Fsp3) is 0.406. The highest BCUT2D eigenvalue weighted by atomic mass is 35.5. The number of hydrogen-bond acceptors (Lipinski definition) is 7. The largest absolute Gasteiger partial charge is 0.487 e. The molecule has 2 fully saturated rings. The second-order valence-corrected chi connectivity index (χ2v) is 12.2. The van der Waals surface area contributed by atoms with Crippen LogP contribution >= 0.6 is 34.8 Å². The van der Waals surface area contributed by atoms with Gasteiger partial charge in [0.25, 0.3) is 0 Å². The Kier molecular flexibility index (Phi) is 11.4. The molecule has 45 heavy (non-hydrogen) atoms. The van der Waals surface area contributed by atoms with Crippen LogP contribution in [0.4, 0.5) is 10.1 Å². The van der Waals surface area contributed by atoms with Crippen molar-refractivity contribution in [3.63, 3.8) is 0 Å². The minimum Gasteiger partial charge on any atom is -0.487 e. The van der Waals surface area contributed by atoms with E-state index in [-0.39, 0.29) is 44.2 Å². The van der Waals surface area contributed by atoms with Crippen molar-refractivity contribution in [2.45, 2.75) is 44.9 Å². The molecule has 1 saturated heterocycles. The SMILES string of the molecule is Cc1cc(Cl)c(OCCOc2ccc(N3C(=O)CNC[C@@H]3C(=O)N(Cc3cc(CNCCF)ccc3Cl)C3CC3)cn2)c(Cl)c1. The van der Waals surface area contributed by atoms with Crippen LogP contribution in [-0.4, -0.2) is 73.3 Å². The van der Waals surface area contributed by atoms with E-state index in [1.807, 2.05) is 24.0 Å². The predicted octanol–water partition coefficient (Wildman–Crippen LogP) is 5.36. The van der Waals surface area contributed by atoms with Crippen LogP contribution in [0.25, 0.3) is 0 Å². The standard InChI is InChI=1S/C32H35Cl3FN5O4/c1-20-12-26(34)31(27(35)13-20)45-11-10-44-29-7-5-24(16-39-29)41-28(17-38-18-30(41)42)32(43)40(23-3-4-23)19-22-14-21(2-6-25(22)33)15-37-9-8-36/h2,5-7,12-14,16,23,28,37-38H,3-4,8-11,15,17-19H2,1H3/t28-/m1/s1. The minimum absolute atomic E-state index is 0.0709. The van der Waals surface area contributed by atoms with Crippen molar-refractivity contribution in [1.29, 1.82) is 0 Å². The predicted molar refractivity (Wildman–Crippen MR) is 173 cm³/mol. The van der Waals surface area contributed by atoms with Crippen LogP contribution in [-0.2, 0) is 22.7 Å². The van der Waals surface area contributed by atoms with Crippen molar-refractivity contribution in [2.24, 2.45) is 0 Å². The van der Waals surface area contributed by atoms with Crippen molar-refractivity contribution < 1.29 is 23.5 Å². The van der Waals surface area contributed by atoms with Crippen LogP contribution in [0.3, 0.4) is 0 Å². The summed E-state index contributed by atoms with van der Waals surface area (Å²) < 4.78 is 24.0. The molecule has 1 aromatic heterocycles. The Morgan fingerprint density at radius 1 is 1.09 bits per heavy atom. The minimum atomic E-state index is -0.758. The third kappa shape index (κ3) is 8.56. The van der Waals surface area contributed by atoms with Gasteiger partial charge in [0.05, 0.1) is 28.5 Å². The number of carbonyl (C=O) groups is 2. The fourth-order valence-corrected chi connectivity index (χ4v) is 6.09. The first-order chi connectivity index (χ1) is 21.7. The summed E-state index contributed by atoms with van der Waals surface area (Å²) in [7, 11) is 0. The van der Waals surface area contributed by atoms with Crippen LogP contribution in [0.15, 0.2) is 48.7 Å². The zero-order chi connectivity index (χ0) is 31.9. The molecule has 2 aliphatic rings. The summed E-state index contributed by atoms with van der Waals surface area (Å²) in [6, 6.07) is 11.8. The molecule has 2 heterocycles. The molecule has 2 N–H and O–H groups in total. The van der Waals surface area contributed by atoms with Gasteiger partial charge in [-0.1, -0.05) is 46.9 Å². The van der Waals surface area contributed by atoms with E-state index < -0.39 is 12.7 Å². The van der Waals surface area contributed by atoms with Gasteiger partial charge in [-0.25, -0.2) is 9.37 Å². The highest BCUT2D eigenvalue weighted by Gasteiger charge is 2.41. The van der Waals surface area contributed by atoms with Gasteiger partial charge in [-0.05, 0) is 60.7 Å². The van der Waals surface area contributed by atoms with E-state index in [9.17, 15) is 14.0 Å². The molecule has 1 aliphatic carbocycles. The smallest absolute Gasteiger partial charge is 0.247 e. The fourth-order valence-electron chi connectivity index (χ4n) is 5.21. The zero-order valence-corrected chi connectivity index (χ0v) is 27.1. The zero-order valence-electron chi connectivity index (χ0n) is 24.8. The highest BCUT2D eigenvalue weighted by molar-refractivity contribution is 6.37. The lowest BCUT2D eigenvalue weighted by Gasteiger charge is -2.38. The van der Waals surface area contributed by atoms with E-state index in [0.29, 0.717) is 52.0 Å². The first kappa shape index (κ1) is 33.2. The second-order valence-electron chi connectivity index (χ2n) is 11.0. The quantitative estimate of drug-likeness (QED) is 0.222. The Labute approximate surface area is 276 Å². The molecule has 240 valence electrons. The number of carbonyl (C=O) groups excluding carboxylic acids is 2. The number of anilines is 1. The van der Waals surface area contributed by atoms with Crippen LogP contribution in [0, 0.1) is 6.92 Å². The summed E-state index contributed by atoms with van der Waals surface area (Å²) in [5.41, 5.74) is 3.18. The average molecular weight is 679 g/mol. The molecule has 2 amide bonds. The molecule has 1 atom stereocenters. The number of aromatic nitrogens is 1. The number of nitrogens with one attached hydrogen (secondary N) is 2. The first-order valence-electron chi connectivity index (χ1n) is 14.8. The van der Waals surface area contributed by atoms with Crippen molar-refractivity contribution in [3.05, 3.63) is 80.4 Å². The Bertz CT molecular complexity index is 1490. The normalized spacial score (nSPS) is 16.5. The van der Waals surface area contributed by atoms with E-state index in [1.54, 1.807) is 30.3 Å². The van der Waals surface area contributed by atoms with Gasteiger partial charge in [-0.2, -0.15) is 0 Å². The van der Waals surface area contributed by atoms with Crippen LogP contribution < -0.4 is 25.0 Å². The van der Waals surface area contributed by atoms with Crippen LogP contribution in [0.1, 0.15) is 29.5 Å². The molecule has 9 nitrogen and oxygen atoms in total. The van der Waals surface area contributed by atoms with E-state index in [1.165, 1.54) is 11.1 Å². The highest BCUT2D eigenvalue weighted by Crippen LogP contribution is 2.34. The Morgan fingerprint density at radius 3 is 2.53 bits per heavy atom. The monoisotopic (exact) mass is 677 g/mol. The molecule has 3 aromatic rings. The third-order valence-electron chi connectivity index (χ3n) is 7.52. The number of alkyl halides is 1. The lowest BCUT2D eigenvalue weighted by Crippen LogP contribution is -2.61. The Balaban J connectivity index is 1.24. The lowest BCUT2D eigenvalue weighted by molar-refractivity contribution is -0.136. The van der Waals surface area contributed by atoms with Crippen molar-refractivity contribution in [1.82, 2.24) is 20.5 Å². The second kappa shape index (κ2) is 15.4. The Morgan fingerprint density at radius 2 is 1.84 bits per heavy atom. The molecule has 1 aliphatic heterocycles. The summed E-state index contributed by atoms with van der Waals surface area (Å²) in [6.45, 7) is 3.29. The first-order valence-corrected chi connectivity index (χ1v) is 15.9. The number of halogens is 4. The number of nitrogens with zero attached hydrogens (tertiary/aromatic N) is 3. The summed E-state index contributed by atoms with van der Waals surface area (Å²) in [4.78, 5) is 34.9. The molecular formula is C32H35Cl3FN5O4. The summed E-state index contributed by atoms with van der Waals surface area (Å²) in [6.07, 6.45) is 3.29. The van der Waals surface area contributed by atoms with Gasteiger partial charge in [0.1, 0.15) is 25.9 Å². The topological polar surface area (TPSA) is 96.0 Å². The molecule has 0 unspecified atom stereocenters. The van der Waals surface area contributed by atoms with Gasteiger partial charge < -0.3 is 25.0 Å². The van der Waals surface area contributed by atoms with Crippen molar-refractivity contribution in [3.8, 4) is 11.6 Å². The number of rotatable bonds is 14. The van der Waals surface area contributed by atoms with Gasteiger partial charge >= 0.3 is 0 Å². The van der Waals surface area contributed by atoms with Gasteiger partial charge in [0.2, 0.25) is 17.7 Å². The van der Waals surface area contributed by atoms with Crippen molar-refractivity contribution in [2.75, 3.05) is 44.4 Å². The number of benzene rings is 2. The number of piperazine rings is 1. The number of pyridine rings is 1. The molecule has 13 heteroatoms. The number of ether oxygens (including phenoxy) is 2. The third-order valence-corrected chi connectivity index (χ3v) is 8.45. The van der Waals surface area contributed by atoms with Gasteiger partial charge in [0.15, 0.2) is 5.75 Å².